The van der Waals surface area contributed by atoms with Crippen molar-refractivity contribution in [1.29, 1.82) is 0 Å². The number of halogens is 2. The van der Waals surface area contributed by atoms with Gasteiger partial charge in [0.1, 0.15) is 5.75 Å². The number of hydrogen-bond donors (Lipinski definition) is 1. The molecule has 0 radical (unpaired) electrons. The van der Waals surface area contributed by atoms with Crippen molar-refractivity contribution < 1.29 is 19.4 Å². The minimum atomic E-state index is -1.44. The molecule has 0 aliphatic heterocycles. The number of rotatable bonds is 5. The monoisotopic (exact) mass is 366 g/mol. The number of nitrogens with one attached hydrogen (secondary N) is 1. The fourth-order valence-corrected chi connectivity index (χ4v) is 2.42. The summed E-state index contributed by atoms with van der Waals surface area (Å²) in [6.45, 7) is 3.36. The first-order valence-corrected chi connectivity index (χ1v) is 7.78. The molecule has 0 bridgehead atoms. The van der Waals surface area contributed by atoms with Gasteiger partial charge in [0.2, 0.25) is 0 Å². The Bertz CT molecular complexity index is 792. The number of ether oxygens (including phenoxy) is 1. The normalized spacial score (nSPS) is 11.7. The summed E-state index contributed by atoms with van der Waals surface area (Å²) in [4.78, 5) is 23.4. The van der Waals surface area contributed by atoms with Gasteiger partial charge in [-0.25, -0.2) is 0 Å². The van der Waals surface area contributed by atoms with E-state index in [0.29, 0.717) is 10.8 Å². The number of benzene rings is 2. The van der Waals surface area contributed by atoms with E-state index in [9.17, 15) is 14.7 Å². The summed E-state index contributed by atoms with van der Waals surface area (Å²) in [6.07, 6.45) is -0.852. The molecule has 0 heterocycles. The molecule has 0 aliphatic carbocycles. The highest BCUT2D eigenvalue weighted by atomic mass is 35.5. The molecule has 0 spiro atoms. The molecule has 126 valence electrons. The first-order valence-electron chi connectivity index (χ1n) is 7.02. The average molecular weight is 367 g/mol. The predicted molar refractivity (Wildman–Crippen MR) is 90.7 cm³/mol. The van der Waals surface area contributed by atoms with Gasteiger partial charge in [0.05, 0.1) is 11.7 Å². The molecule has 7 heteroatoms. The smallest absolute Gasteiger partial charge is 0.265 e. The Morgan fingerprint density at radius 1 is 1.12 bits per heavy atom. The Balaban J connectivity index is 2.13. The molecule has 0 fully saturated rings. The highest BCUT2D eigenvalue weighted by molar-refractivity contribution is 6.31. The molecule has 0 aliphatic rings. The van der Waals surface area contributed by atoms with E-state index in [1.54, 1.807) is 32.0 Å². The second kappa shape index (κ2) is 7.55. The highest BCUT2D eigenvalue weighted by Crippen LogP contribution is 2.24. The van der Waals surface area contributed by atoms with E-state index in [-0.39, 0.29) is 16.3 Å². The van der Waals surface area contributed by atoms with Crippen molar-refractivity contribution in [1.82, 2.24) is 0 Å². The number of amides is 1. The summed E-state index contributed by atoms with van der Waals surface area (Å²) in [5.74, 6) is -1.43. The van der Waals surface area contributed by atoms with E-state index in [1.165, 1.54) is 18.2 Å². The van der Waals surface area contributed by atoms with Crippen LogP contribution in [0, 0.1) is 6.92 Å². The molecule has 1 atom stereocenters. The zero-order valence-electron chi connectivity index (χ0n) is 12.9. The minimum Gasteiger partial charge on any atom is -0.545 e. The SMILES string of the molecule is Cc1cc(Cl)ccc1O[C@@H](C)C(=O)Nc1ccc(Cl)cc1C(=O)[O-]. The summed E-state index contributed by atoms with van der Waals surface area (Å²) >= 11 is 11.6. The second-order valence-corrected chi connectivity index (χ2v) is 6.01. The number of anilines is 1. The number of aromatic carboxylic acids is 1. The van der Waals surface area contributed by atoms with Gasteiger partial charge in [-0.3, -0.25) is 4.79 Å². The molecule has 0 saturated heterocycles. The van der Waals surface area contributed by atoms with Crippen molar-refractivity contribution >= 4 is 40.8 Å². The Kier molecular flexibility index (Phi) is 5.70. The summed E-state index contributed by atoms with van der Waals surface area (Å²) in [7, 11) is 0. The second-order valence-electron chi connectivity index (χ2n) is 5.14. The molecule has 1 N–H and O–H groups in total. The summed E-state index contributed by atoms with van der Waals surface area (Å²) in [5, 5.41) is 14.4. The van der Waals surface area contributed by atoms with Crippen molar-refractivity contribution in [3.63, 3.8) is 0 Å². The fourth-order valence-electron chi connectivity index (χ4n) is 2.02. The van der Waals surface area contributed by atoms with Gasteiger partial charge in [0.25, 0.3) is 5.91 Å². The molecule has 2 aromatic rings. The number of carboxylic acids is 1. The third kappa shape index (κ3) is 4.40. The Morgan fingerprint density at radius 3 is 2.38 bits per heavy atom. The quantitative estimate of drug-likeness (QED) is 0.881. The zero-order valence-corrected chi connectivity index (χ0v) is 14.4. The van der Waals surface area contributed by atoms with Crippen LogP contribution in [0.1, 0.15) is 22.8 Å². The van der Waals surface area contributed by atoms with Crippen LogP contribution in [0.5, 0.6) is 5.75 Å². The van der Waals surface area contributed by atoms with Crippen molar-refractivity contribution in [3.8, 4) is 5.75 Å². The van der Waals surface area contributed by atoms with Crippen molar-refractivity contribution in [2.24, 2.45) is 0 Å². The van der Waals surface area contributed by atoms with Crippen molar-refractivity contribution in [2.75, 3.05) is 5.32 Å². The van der Waals surface area contributed by atoms with Crippen LogP contribution in [0.2, 0.25) is 10.0 Å². The number of carboxylic acid groups (broad SMARTS) is 1. The lowest BCUT2D eigenvalue weighted by molar-refractivity contribution is -0.254. The van der Waals surface area contributed by atoms with Crippen LogP contribution in [0.4, 0.5) is 5.69 Å². The number of hydrogen-bond acceptors (Lipinski definition) is 4. The largest absolute Gasteiger partial charge is 0.545 e. The number of carbonyl (C=O) groups excluding carboxylic acids is 2. The van der Waals surface area contributed by atoms with E-state index < -0.39 is 18.0 Å². The van der Waals surface area contributed by atoms with Crippen LogP contribution in [0.3, 0.4) is 0 Å². The molecule has 2 aromatic carbocycles. The van der Waals surface area contributed by atoms with E-state index in [1.807, 2.05) is 0 Å². The molecule has 2 rings (SSSR count). The molecular weight excluding hydrogens is 353 g/mol. The molecule has 0 saturated carbocycles. The molecule has 24 heavy (non-hydrogen) atoms. The van der Waals surface area contributed by atoms with Gasteiger partial charge in [0, 0.05) is 15.6 Å². The van der Waals surface area contributed by atoms with Crippen LogP contribution in [-0.4, -0.2) is 18.0 Å². The average Bonchev–Trinajstić information content (AvgIpc) is 2.51. The third-order valence-corrected chi connectivity index (χ3v) is 3.74. The third-order valence-electron chi connectivity index (χ3n) is 3.27. The highest BCUT2D eigenvalue weighted by Gasteiger charge is 2.17. The number of carbonyl (C=O) groups is 2. The molecule has 0 unspecified atom stereocenters. The van der Waals surface area contributed by atoms with E-state index in [4.69, 9.17) is 27.9 Å². The minimum absolute atomic E-state index is 0.0904. The summed E-state index contributed by atoms with van der Waals surface area (Å²) in [5.41, 5.74) is 0.669. The Morgan fingerprint density at radius 2 is 1.75 bits per heavy atom. The van der Waals surface area contributed by atoms with Crippen LogP contribution in [0.25, 0.3) is 0 Å². The van der Waals surface area contributed by atoms with Gasteiger partial charge in [-0.05, 0) is 55.8 Å². The van der Waals surface area contributed by atoms with Crippen LogP contribution < -0.4 is 15.2 Å². The first-order chi connectivity index (χ1) is 11.3. The van der Waals surface area contributed by atoms with E-state index >= 15 is 0 Å². The van der Waals surface area contributed by atoms with Gasteiger partial charge in [-0.15, -0.1) is 0 Å². The van der Waals surface area contributed by atoms with Crippen LogP contribution in [-0.2, 0) is 4.79 Å². The van der Waals surface area contributed by atoms with Crippen molar-refractivity contribution in [3.05, 3.63) is 57.6 Å². The zero-order chi connectivity index (χ0) is 17.9. The number of aryl methyl sites for hydroxylation is 1. The lowest BCUT2D eigenvalue weighted by Crippen LogP contribution is -2.32. The fraction of sp³-hybridized carbons (Fsp3) is 0.176. The lowest BCUT2D eigenvalue weighted by atomic mass is 10.1. The van der Waals surface area contributed by atoms with Gasteiger partial charge in [0.15, 0.2) is 6.10 Å². The van der Waals surface area contributed by atoms with Gasteiger partial charge < -0.3 is 20.0 Å². The van der Waals surface area contributed by atoms with Crippen molar-refractivity contribution in [2.45, 2.75) is 20.0 Å². The lowest BCUT2D eigenvalue weighted by Gasteiger charge is -2.18. The molecule has 5 nitrogen and oxygen atoms in total. The molecule has 1 amide bonds. The Hall–Kier alpha value is -2.24. The van der Waals surface area contributed by atoms with Crippen LogP contribution in [0.15, 0.2) is 36.4 Å². The predicted octanol–water partition coefficient (Wildman–Crippen LogP) is 3.07. The Labute approximate surface area is 149 Å². The molecule has 0 aromatic heterocycles. The van der Waals surface area contributed by atoms with Gasteiger partial charge in [-0.2, -0.15) is 0 Å². The maximum atomic E-state index is 12.2. The standard InChI is InChI=1S/C17H15Cl2NO4/c1-9-7-11(18)4-6-15(9)24-10(2)16(21)20-14-5-3-12(19)8-13(14)17(22)23/h3-8,10H,1-2H3,(H,20,21)(H,22,23)/p-1/t10-/m0/s1. The summed E-state index contributed by atoms with van der Waals surface area (Å²) in [6, 6.07) is 9.11. The maximum Gasteiger partial charge on any atom is 0.265 e. The van der Waals surface area contributed by atoms with Gasteiger partial charge in [-0.1, -0.05) is 23.2 Å². The van der Waals surface area contributed by atoms with Gasteiger partial charge >= 0.3 is 0 Å². The van der Waals surface area contributed by atoms with Crippen LogP contribution >= 0.6 is 23.2 Å². The first kappa shape index (κ1) is 18.1. The summed E-state index contributed by atoms with van der Waals surface area (Å²) < 4.78 is 5.60. The van der Waals surface area contributed by atoms with E-state index in [2.05, 4.69) is 5.32 Å². The molecular formula is C17H14Cl2NO4-. The van der Waals surface area contributed by atoms with E-state index in [0.717, 1.165) is 5.56 Å². The topological polar surface area (TPSA) is 78.5 Å². The maximum absolute atomic E-state index is 12.2.